The van der Waals surface area contributed by atoms with Crippen molar-refractivity contribution in [2.75, 3.05) is 17.9 Å². The van der Waals surface area contributed by atoms with Gasteiger partial charge in [0.05, 0.1) is 11.6 Å². The van der Waals surface area contributed by atoms with Gasteiger partial charge in [-0.25, -0.2) is 8.42 Å². The number of anilines is 1. The lowest BCUT2D eigenvalue weighted by molar-refractivity contribution is 0.0947. The van der Waals surface area contributed by atoms with Crippen LogP contribution in [0.4, 0.5) is 5.69 Å². The van der Waals surface area contributed by atoms with Crippen molar-refractivity contribution in [2.45, 2.75) is 18.7 Å². The Balaban J connectivity index is 1.64. The Morgan fingerprint density at radius 2 is 1.66 bits per heavy atom. The molecular weight excluding hydrogens is 471 g/mol. The van der Waals surface area contributed by atoms with Crippen LogP contribution in [-0.4, -0.2) is 27.5 Å². The van der Waals surface area contributed by atoms with Crippen molar-refractivity contribution in [1.29, 1.82) is 0 Å². The Morgan fingerprint density at radius 1 is 0.938 bits per heavy atom. The maximum absolute atomic E-state index is 12.8. The summed E-state index contributed by atoms with van der Waals surface area (Å²) in [6.45, 7) is 4.23. The van der Waals surface area contributed by atoms with Crippen molar-refractivity contribution >= 4 is 44.8 Å². The van der Waals surface area contributed by atoms with Gasteiger partial charge in [0, 0.05) is 16.3 Å². The van der Waals surface area contributed by atoms with Crippen LogP contribution in [0.1, 0.15) is 21.5 Å². The maximum Gasteiger partial charge on any atom is 0.263 e. The fraction of sp³-hybridized carbons (Fsp3) is 0.174. The second-order valence-electron chi connectivity index (χ2n) is 7.13. The molecule has 0 aliphatic rings. The minimum Gasteiger partial charge on any atom is -0.492 e. The van der Waals surface area contributed by atoms with Gasteiger partial charge < -0.3 is 10.1 Å². The van der Waals surface area contributed by atoms with Gasteiger partial charge in [0.2, 0.25) is 0 Å². The highest BCUT2D eigenvalue weighted by molar-refractivity contribution is 7.92. The van der Waals surface area contributed by atoms with Crippen LogP contribution in [0.2, 0.25) is 10.0 Å². The second-order valence-corrected chi connectivity index (χ2v) is 9.60. The molecule has 3 aromatic rings. The molecule has 0 fully saturated rings. The molecule has 0 aliphatic heterocycles. The van der Waals surface area contributed by atoms with Gasteiger partial charge in [0.15, 0.2) is 0 Å². The zero-order chi connectivity index (χ0) is 23.3. The van der Waals surface area contributed by atoms with Crippen LogP contribution >= 0.6 is 23.2 Å². The van der Waals surface area contributed by atoms with E-state index in [0.717, 1.165) is 11.1 Å². The van der Waals surface area contributed by atoms with Gasteiger partial charge in [-0.2, -0.15) is 0 Å². The molecule has 168 valence electrons. The molecule has 0 bridgehead atoms. The summed E-state index contributed by atoms with van der Waals surface area (Å²) in [5.41, 5.74) is 2.50. The zero-order valence-electron chi connectivity index (χ0n) is 17.5. The molecule has 0 unspecified atom stereocenters. The van der Waals surface area contributed by atoms with Gasteiger partial charge in [-0.1, -0.05) is 47.0 Å². The van der Waals surface area contributed by atoms with Gasteiger partial charge in [-0.05, 0) is 61.9 Å². The van der Waals surface area contributed by atoms with Crippen molar-refractivity contribution in [3.8, 4) is 5.75 Å². The van der Waals surface area contributed by atoms with E-state index in [1.54, 1.807) is 36.4 Å². The van der Waals surface area contributed by atoms with E-state index in [0.29, 0.717) is 16.5 Å². The molecule has 1 amide bonds. The van der Waals surface area contributed by atoms with Crippen LogP contribution < -0.4 is 14.8 Å². The summed E-state index contributed by atoms with van der Waals surface area (Å²) in [4.78, 5) is 12.3. The van der Waals surface area contributed by atoms with Crippen molar-refractivity contribution in [1.82, 2.24) is 5.32 Å². The molecule has 32 heavy (non-hydrogen) atoms. The van der Waals surface area contributed by atoms with E-state index in [2.05, 4.69) is 10.0 Å². The van der Waals surface area contributed by atoms with E-state index in [1.165, 1.54) is 18.2 Å². The van der Waals surface area contributed by atoms with Gasteiger partial charge in [0.1, 0.15) is 17.3 Å². The third-order valence-electron chi connectivity index (χ3n) is 4.59. The Bertz CT molecular complexity index is 1230. The summed E-state index contributed by atoms with van der Waals surface area (Å²) in [6.07, 6.45) is 0. The van der Waals surface area contributed by atoms with Crippen molar-refractivity contribution < 1.29 is 17.9 Å². The number of amides is 1. The summed E-state index contributed by atoms with van der Waals surface area (Å²) in [5.74, 6) is 0.149. The van der Waals surface area contributed by atoms with E-state index in [9.17, 15) is 13.2 Å². The molecule has 0 heterocycles. The summed E-state index contributed by atoms with van der Waals surface area (Å²) in [5, 5.41) is 3.31. The number of benzene rings is 3. The number of rotatable bonds is 8. The molecule has 9 heteroatoms. The largest absolute Gasteiger partial charge is 0.492 e. The molecule has 0 saturated carbocycles. The first kappa shape index (κ1) is 23.9. The summed E-state index contributed by atoms with van der Waals surface area (Å²) >= 11 is 12.2. The third-order valence-corrected chi connectivity index (χ3v) is 6.86. The minimum absolute atomic E-state index is 0.0146. The first-order valence-corrected chi connectivity index (χ1v) is 12.0. The third kappa shape index (κ3) is 6.16. The fourth-order valence-corrected chi connectivity index (χ4v) is 4.54. The van der Waals surface area contributed by atoms with Gasteiger partial charge in [0.25, 0.3) is 15.9 Å². The summed E-state index contributed by atoms with van der Waals surface area (Å²) in [6, 6.07) is 16.3. The highest BCUT2D eigenvalue weighted by Gasteiger charge is 2.20. The predicted octanol–water partition coefficient (Wildman–Crippen LogP) is 5.22. The number of halogens is 2. The van der Waals surface area contributed by atoms with E-state index in [-0.39, 0.29) is 28.6 Å². The minimum atomic E-state index is -3.98. The van der Waals surface area contributed by atoms with E-state index < -0.39 is 15.9 Å². The standard InChI is InChI=1S/C23H22Cl2N2O4S/c1-15-3-7-18(8-4-15)27-32(29,30)22-13-17(6-10-20(22)24)23(28)26-11-12-31-19-9-5-16(2)21(25)14-19/h3-10,13-14,27H,11-12H2,1-2H3,(H,26,28). The van der Waals surface area contributed by atoms with Crippen LogP contribution in [0.25, 0.3) is 0 Å². The topological polar surface area (TPSA) is 84.5 Å². The molecule has 3 aromatic carbocycles. The number of carbonyl (C=O) groups excluding carboxylic acids is 1. The molecule has 0 radical (unpaired) electrons. The Kier molecular flexibility index (Phi) is 7.66. The molecule has 6 nitrogen and oxygen atoms in total. The molecule has 0 atom stereocenters. The molecule has 3 rings (SSSR count). The number of nitrogens with one attached hydrogen (secondary N) is 2. The van der Waals surface area contributed by atoms with Crippen LogP contribution in [-0.2, 0) is 10.0 Å². The van der Waals surface area contributed by atoms with Gasteiger partial charge in [-0.15, -0.1) is 0 Å². The Morgan fingerprint density at radius 3 is 2.34 bits per heavy atom. The molecule has 0 aromatic heterocycles. The van der Waals surface area contributed by atoms with Crippen LogP contribution in [0.5, 0.6) is 5.75 Å². The van der Waals surface area contributed by atoms with Crippen molar-refractivity contribution in [2.24, 2.45) is 0 Å². The molecule has 0 saturated heterocycles. The molecule has 0 spiro atoms. The first-order valence-electron chi connectivity index (χ1n) is 9.72. The number of hydrogen-bond donors (Lipinski definition) is 2. The normalized spacial score (nSPS) is 11.1. The number of hydrogen-bond acceptors (Lipinski definition) is 4. The number of ether oxygens (including phenoxy) is 1. The Hall–Kier alpha value is -2.74. The van der Waals surface area contributed by atoms with E-state index in [1.807, 2.05) is 19.9 Å². The monoisotopic (exact) mass is 492 g/mol. The van der Waals surface area contributed by atoms with Crippen molar-refractivity contribution in [3.05, 3.63) is 87.4 Å². The van der Waals surface area contributed by atoms with Crippen LogP contribution in [0, 0.1) is 13.8 Å². The number of aryl methyl sites for hydroxylation is 2. The lowest BCUT2D eigenvalue weighted by Crippen LogP contribution is -2.28. The highest BCUT2D eigenvalue weighted by Crippen LogP contribution is 2.25. The summed E-state index contributed by atoms with van der Waals surface area (Å²) < 4.78 is 33.6. The smallest absolute Gasteiger partial charge is 0.263 e. The quantitative estimate of drug-likeness (QED) is 0.422. The number of carbonyl (C=O) groups is 1. The molecular formula is C23H22Cl2N2O4S. The lowest BCUT2D eigenvalue weighted by atomic mass is 10.2. The average Bonchev–Trinajstić information content (AvgIpc) is 2.75. The average molecular weight is 493 g/mol. The van der Waals surface area contributed by atoms with Gasteiger partial charge >= 0.3 is 0 Å². The first-order chi connectivity index (χ1) is 15.2. The fourth-order valence-electron chi connectivity index (χ4n) is 2.78. The molecule has 0 aliphatic carbocycles. The molecule has 2 N–H and O–H groups in total. The van der Waals surface area contributed by atoms with Crippen LogP contribution in [0.15, 0.2) is 65.6 Å². The van der Waals surface area contributed by atoms with Gasteiger partial charge in [-0.3, -0.25) is 9.52 Å². The van der Waals surface area contributed by atoms with E-state index in [4.69, 9.17) is 27.9 Å². The predicted molar refractivity (Wildman–Crippen MR) is 127 cm³/mol. The second kappa shape index (κ2) is 10.3. The van der Waals surface area contributed by atoms with E-state index >= 15 is 0 Å². The maximum atomic E-state index is 12.8. The Labute approximate surface area is 197 Å². The van der Waals surface area contributed by atoms with Crippen LogP contribution in [0.3, 0.4) is 0 Å². The lowest BCUT2D eigenvalue weighted by Gasteiger charge is -2.12. The zero-order valence-corrected chi connectivity index (χ0v) is 19.8. The van der Waals surface area contributed by atoms with Crippen molar-refractivity contribution in [3.63, 3.8) is 0 Å². The number of sulfonamides is 1. The highest BCUT2D eigenvalue weighted by atomic mass is 35.5. The summed E-state index contributed by atoms with van der Waals surface area (Å²) in [7, 11) is -3.98. The SMILES string of the molecule is Cc1ccc(NS(=O)(=O)c2cc(C(=O)NCCOc3ccc(C)c(Cl)c3)ccc2Cl)cc1.